The van der Waals surface area contributed by atoms with Gasteiger partial charge in [0.05, 0.1) is 11.1 Å². The van der Waals surface area contributed by atoms with E-state index < -0.39 is 0 Å². The van der Waals surface area contributed by atoms with Crippen molar-refractivity contribution < 1.29 is 8.81 Å². The molecule has 0 radical (unpaired) electrons. The molecule has 0 unspecified atom stereocenters. The van der Waals surface area contributed by atoms with Crippen LogP contribution in [0.2, 0.25) is 0 Å². The molecule has 0 atom stereocenters. The van der Waals surface area contributed by atoms with Crippen molar-refractivity contribution in [3.63, 3.8) is 0 Å². The number of furan rings is 1. The van der Waals surface area contributed by atoms with Crippen molar-refractivity contribution in [2.45, 2.75) is 6.92 Å². The molecule has 5 rings (SSSR count). The monoisotopic (exact) mass is 353 g/mol. The topological polar surface area (TPSA) is 26.0 Å². The van der Waals surface area contributed by atoms with Crippen LogP contribution in [0.15, 0.2) is 83.4 Å². The number of benzene rings is 3. The number of fused-ring (bicyclic) bond motifs is 3. The maximum Gasteiger partial charge on any atom is 0.147 e. The molecule has 3 aromatic carbocycles. The molecule has 2 aromatic heterocycles. The summed E-state index contributed by atoms with van der Waals surface area (Å²) in [6.45, 7) is 2.04. The molecular formula is C24H16FNO. The van der Waals surface area contributed by atoms with Crippen LogP contribution in [0, 0.1) is 12.7 Å². The molecular weight excluding hydrogens is 337 g/mol. The van der Waals surface area contributed by atoms with Gasteiger partial charge in [0.2, 0.25) is 0 Å². The molecule has 3 heteroatoms. The van der Waals surface area contributed by atoms with E-state index in [1.54, 1.807) is 6.07 Å². The number of hydrogen-bond acceptors (Lipinski definition) is 2. The van der Waals surface area contributed by atoms with E-state index in [0.29, 0.717) is 16.6 Å². The Morgan fingerprint density at radius 1 is 0.852 bits per heavy atom. The zero-order chi connectivity index (χ0) is 18.4. The van der Waals surface area contributed by atoms with Gasteiger partial charge in [0.25, 0.3) is 0 Å². The Kier molecular flexibility index (Phi) is 3.54. The summed E-state index contributed by atoms with van der Waals surface area (Å²) >= 11 is 0. The highest BCUT2D eigenvalue weighted by molar-refractivity contribution is 6.09. The molecule has 0 saturated heterocycles. The lowest BCUT2D eigenvalue weighted by Gasteiger charge is -2.09. The minimum absolute atomic E-state index is 0.283. The maximum atomic E-state index is 14.6. The minimum atomic E-state index is -0.283. The summed E-state index contributed by atoms with van der Waals surface area (Å²) in [6, 6.07) is 23.0. The van der Waals surface area contributed by atoms with Crippen molar-refractivity contribution in [2.24, 2.45) is 0 Å². The van der Waals surface area contributed by atoms with Crippen LogP contribution in [0.4, 0.5) is 4.39 Å². The molecule has 0 saturated carbocycles. The molecule has 0 aliphatic rings. The number of pyridine rings is 1. The van der Waals surface area contributed by atoms with Crippen LogP contribution in [0.3, 0.4) is 0 Å². The first-order valence-electron chi connectivity index (χ1n) is 8.84. The van der Waals surface area contributed by atoms with Gasteiger partial charge in [-0.2, -0.15) is 0 Å². The number of aryl methyl sites for hydroxylation is 1. The van der Waals surface area contributed by atoms with Gasteiger partial charge in [-0.1, -0.05) is 48.5 Å². The quantitative estimate of drug-likeness (QED) is 0.350. The van der Waals surface area contributed by atoms with Gasteiger partial charge in [-0.05, 0) is 47.9 Å². The maximum absolute atomic E-state index is 14.6. The van der Waals surface area contributed by atoms with E-state index >= 15 is 0 Å². The number of rotatable bonds is 2. The number of halogens is 1. The van der Waals surface area contributed by atoms with Gasteiger partial charge in [-0.15, -0.1) is 0 Å². The molecule has 5 aromatic rings. The minimum Gasteiger partial charge on any atom is -0.455 e. The Hall–Kier alpha value is -3.46. The third kappa shape index (κ3) is 2.51. The molecule has 0 spiro atoms. The lowest BCUT2D eigenvalue weighted by atomic mass is 9.99. The number of nitrogens with zero attached hydrogens (tertiary/aromatic N) is 1. The van der Waals surface area contributed by atoms with Crippen LogP contribution in [-0.4, -0.2) is 4.98 Å². The standard InChI is InChI=1S/C24H16FNO/c1-15-14-26-21(13-19(15)16-7-3-2-4-8-16)17-11-12-20(25)23-18-9-5-6-10-22(18)27-24(17)23/h2-14H,1H3. The second-order valence-corrected chi connectivity index (χ2v) is 6.65. The summed E-state index contributed by atoms with van der Waals surface area (Å²) in [5.74, 6) is -0.283. The lowest BCUT2D eigenvalue weighted by Crippen LogP contribution is -1.91. The van der Waals surface area contributed by atoms with Gasteiger partial charge >= 0.3 is 0 Å². The average Bonchev–Trinajstić information content (AvgIpc) is 3.10. The summed E-state index contributed by atoms with van der Waals surface area (Å²) in [5, 5.41) is 1.29. The Morgan fingerprint density at radius 2 is 1.63 bits per heavy atom. The van der Waals surface area contributed by atoms with Crippen molar-refractivity contribution in [3.8, 4) is 22.4 Å². The fourth-order valence-electron chi connectivity index (χ4n) is 3.59. The zero-order valence-electron chi connectivity index (χ0n) is 14.7. The first-order valence-corrected chi connectivity index (χ1v) is 8.84. The highest BCUT2D eigenvalue weighted by Crippen LogP contribution is 2.37. The molecule has 27 heavy (non-hydrogen) atoms. The molecule has 0 bridgehead atoms. The molecule has 0 aliphatic heterocycles. The predicted octanol–water partition coefficient (Wildman–Crippen LogP) is 6.76. The van der Waals surface area contributed by atoms with Gasteiger partial charge in [-0.25, -0.2) is 4.39 Å². The summed E-state index contributed by atoms with van der Waals surface area (Å²) in [4.78, 5) is 4.60. The fraction of sp³-hybridized carbons (Fsp3) is 0.0417. The summed E-state index contributed by atoms with van der Waals surface area (Å²) < 4.78 is 20.6. The molecule has 130 valence electrons. The third-order valence-electron chi connectivity index (χ3n) is 4.94. The Morgan fingerprint density at radius 3 is 2.48 bits per heavy atom. The van der Waals surface area contributed by atoms with E-state index in [1.807, 2.05) is 61.7 Å². The Bertz CT molecular complexity index is 1290. The third-order valence-corrected chi connectivity index (χ3v) is 4.94. The second-order valence-electron chi connectivity index (χ2n) is 6.65. The number of aromatic nitrogens is 1. The smallest absolute Gasteiger partial charge is 0.147 e. The average molecular weight is 353 g/mol. The van der Waals surface area contributed by atoms with Gasteiger partial charge < -0.3 is 4.42 Å². The first-order chi connectivity index (χ1) is 13.2. The van der Waals surface area contributed by atoms with Crippen molar-refractivity contribution in [1.82, 2.24) is 4.98 Å². The summed E-state index contributed by atoms with van der Waals surface area (Å²) in [6.07, 6.45) is 1.86. The predicted molar refractivity (Wildman–Crippen MR) is 107 cm³/mol. The Labute approximate surface area is 155 Å². The van der Waals surface area contributed by atoms with Crippen LogP contribution < -0.4 is 0 Å². The summed E-state index contributed by atoms with van der Waals surface area (Å²) in [7, 11) is 0. The second kappa shape index (κ2) is 6.06. The highest BCUT2D eigenvalue weighted by Gasteiger charge is 2.17. The first kappa shape index (κ1) is 15.8. The normalized spacial score (nSPS) is 11.3. The van der Waals surface area contributed by atoms with Gasteiger partial charge in [0.1, 0.15) is 17.0 Å². The molecule has 0 N–H and O–H groups in total. The van der Waals surface area contributed by atoms with Crippen LogP contribution in [0.5, 0.6) is 0 Å². The van der Waals surface area contributed by atoms with Crippen molar-refractivity contribution in [3.05, 3.63) is 90.4 Å². The Balaban J connectivity index is 1.79. The molecule has 0 aliphatic carbocycles. The molecule has 2 nitrogen and oxygen atoms in total. The largest absolute Gasteiger partial charge is 0.455 e. The number of para-hydroxylation sites is 1. The number of hydrogen-bond donors (Lipinski definition) is 0. The van der Waals surface area contributed by atoms with Gasteiger partial charge in [0, 0.05) is 17.1 Å². The highest BCUT2D eigenvalue weighted by atomic mass is 19.1. The molecule has 0 amide bonds. The van der Waals surface area contributed by atoms with E-state index in [1.165, 1.54) is 6.07 Å². The van der Waals surface area contributed by atoms with E-state index in [0.717, 1.165) is 33.3 Å². The van der Waals surface area contributed by atoms with Crippen molar-refractivity contribution in [2.75, 3.05) is 0 Å². The van der Waals surface area contributed by atoms with Crippen LogP contribution in [-0.2, 0) is 0 Å². The lowest BCUT2D eigenvalue weighted by molar-refractivity contribution is 0.634. The van der Waals surface area contributed by atoms with Crippen molar-refractivity contribution in [1.29, 1.82) is 0 Å². The fourth-order valence-corrected chi connectivity index (χ4v) is 3.59. The van der Waals surface area contributed by atoms with E-state index in [4.69, 9.17) is 4.42 Å². The van der Waals surface area contributed by atoms with Crippen molar-refractivity contribution >= 4 is 21.9 Å². The SMILES string of the molecule is Cc1cnc(-c2ccc(F)c3c2oc2ccccc23)cc1-c1ccccc1. The zero-order valence-corrected chi connectivity index (χ0v) is 14.7. The van der Waals surface area contributed by atoms with E-state index in [9.17, 15) is 4.39 Å². The van der Waals surface area contributed by atoms with E-state index in [2.05, 4.69) is 17.1 Å². The van der Waals surface area contributed by atoms with Gasteiger partial charge in [-0.3, -0.25) is 4.98 Å². The van der Waals surface area contributed by atoms with Crippen LogP contribution in [0.1, 0.15) is 5.56 Å². The van der Waals surface area contributed by atoms with Crippen LogP contribution in [0.25, 0.3) is 44.3 Å². The van der Waals surface area contributed by atoms with E-state index in [-0.39, 0.29) is 5.82 Å². The summed E-state index contributed by atoms with van der Waals surface area (Å²) in [5.41, 5.74) is 6.09. The molecule has 2 heterocycles. The van der Waals surface area contributed by atoms with Crippen LogP contribution >= 0.6 is 0 Å². The van der Waals surface area contributed by atoms with Gasteiger partial charge in [0.15, 0.2) is 0 Å². The molecule has 0 fully saturated rings.